The lowest BCUT2D eigenvalue weighted by atomic mass is 9.95. The summed E-state index contributed by atoms with van der Waals surface area (Å²) in [6.07, 6.45) is 0.515. The second kappa shape index (κ2) is 6.13. The molecule has 1 aromatic rings. The van der Waals surface area contributed by atoms with Gasteiger partial charge in [-0.3, -0.25) is 4.79 Å². The molecular formula is C13H18O4. The Kier molecular flexibility index (Phi) is 4.82. The standard InChI is InChI=1S/C13H18O4/c1-4-9(13(14)15)10-7-6-8-11(17-5-2)12(10)16-3/h6-9H,4-5H2,1-3H3,(H,14,15). The number of carboxylic acids is 1. The second-order valence-electron chi connectivity index (χ2n) is 3.61. The van der Waals surface area contributed by atoms with Gasteiger partial charge in [0.2, 0.25) is 0 Å². The molecule has 0 aliphatic heterocycles. The first-order valence-corrected chi connectivity index (χ1v) is 5.68. The van der Waals surface area contributed by atoms with Gasteiger partial charge in [0.25, 0.3) is 0 Å². The highest BCUT2D eigenvalue weighted by atomic mass is 16.5. The Labute approximate surface area is 101 Å². The first-order valence-electron chi connectivity index (χ1n) is 5.68. The Hall–Kier alpha value is -1.71. The van der Waals surface area contributed by atoms with Gasteiger partial charge in [0.05, 0.1) is 19.6 Å². The van der Waals surface area contributed by atoms with Crippen LogP contribution in [0.25, 0.3) is 0 Å². The Morgan fingerprint density at radius 2 is 2.12 bits per heavy atom. The molecular weight excluding hydrogens is 220 g/mol. The third kappa shape index (κ3) is 2.90. The van der Waals surface area contributed by atoms with Crippen molar-refractivity contribution < 1.29 is 19.4 Å². The number of para-hydroxylation sites is 1. The third-order valence-electron chi connectivity index (χ3n) is 2.60. The molecule has 0 aromatic heterocycles. The van der Waals surface area contributed by atoms with E-state index in [2.05, 4.69) is 0 Å². The van der Waals surface area contributed by atoms with Crippen LogP contribution in [0.2, 0.25) is 0 Å². The van der Waals surface area contributed by atoms with Crippen molar-refractivity contribution in [3.63, 3.8) is 0 Å². The van der Waals surface area contributed by atoms with Gasteiger partial charge in [-0.05, 0) is 19.4 Å². The number of ether oxygens (including phenoxy) is 2. The van der Waals surface area contributed by atoms with Crippen LogP contribution in [0.5, 0.6) is 11.5 Å². The topological polar surface area (TPSA) is 55.8 Å². The lowest BCUT2D eigenvalue weighted by Gasteiger charge is -2.17. The Balaban J connectivity index is 3.22. The fourth-order valence-electron chi connectivity index (χ4n) is 1.82. The maximum absolute atomic E-state index is 11.2. The minimum atomic E-state index is -0.848. The van der Waals surface area contributed by atoms with Gasteiger partial charge in [0.15, 0.2) is 11.5 Å². The lowest BCUT2D eigenvalue weighted by Crippen LogP contribution is -2.12. The van der Waals surface area contributed by atoms with Crippen LogP contribution in [-0.4, -0.2) is 24.8 Å². The zero-order valence-corrected chi connectivity index (χ0v) is 10.4. The van der Waals surface area contributed by atoms with E-state index in [1.165, 1.54) is 7.11 Å². The highest BCUT2D eigenvalue weighted by Crippen LogP contribution is 2.36. The van der Waals surface area contributed by atoms with Crippen molar-refractivity contribution in [3.8, 4) is 11.5 Å². The van der Waals surface area contributed by atoms with E-state index in [1.54, 1.807) is 18.2 Å². The molecule has 0 radical (unpaired) electrons. The van der Waals surface area contributed by atoms with Gasteiger partial charge in [-0.15, -0.1) is 0 Å². The molecule has 1 atom stereocenters. The molecule has 1 unspecified atom stereocenters. The largest absolute Gasteiger partial charge is 0.493 e. The van der Waals surface area contributed by atoms with E-state index in [4.69, 9.17) is 9.47 Å². The van der Waals surface area contributed by atoms with E-state index >= 15 is 0 Å². The number of carboxylic acid groups (broad SMARTS) is 1. The van der Waals surface area contributed by atoms with Crippen LogP contribution in [0.1, 0.15) is 31.7 Å². The van der Waals surface area contributed by atoms with Crippen LogP contribution < -0.4 is 9.47 Å². The van der Waals surface area contributed by atoms with Crippen molar-refractivity contribution in [1.82, 2.24) is 0 Å². The highest BCUT2D eigenvalue weighted by Gasteiger charge is 2.23. The summed E-state index contributed by atoms with van der Waals surface area (Å²) in [5.41, 5.74) is 0.661. The summed E-state index contributed by atoms with van der Waals surface area (Å²) in [7, 11) is 1.52. The van der Waals surface area contributed by atoms with E-state index in [-0.39, 0.29) is 0 Å². The SMILES string of the molecule is CCOc1cccc(C(CC)C(=O)O)c1OC. The summed E-state index contributed by atoms with van der Waals surface area (Å²) in [5.74, 6) is -0.305. The van der Waals surface area contributed by atoms with Crippen molar-refractivity contribution in [2.45, 2.75) is 26.2 Å². The molecule has 0 amide bonds. The summed E-state index contributed by atoms with van der Waals surface area (Å²) in [6, 6.07) is 5.33. The molecule has 1 N–H and O–H groups in total. The van der Waals surface area contributed by atoms with Gasteiger partial charge in [-0.1, -0.05) is 19.1 Å². The average Bonchev–Trinajstić information content (AvgIpc) is 2.30. The summed E-state index contributed by atoms with van der Waals surface area (Å²) in [4.78, 5) is 11.2. The lowest BCUT2D eigenvalue weighted by molar-refractivity contribution is -0.138. The van der Waals surface area contributed by atoms with Crippen LogP contribution in [-0.2, 0) is 4.79 Å². The predicted molar refractivity (Wildman–Crippen MR) is 64.8 cm³/mol. The molecule has 17 heavy (non-hydrogen) atoms. The minimum absolute atomic E-state index is 0.515. The molecule has 0 saturated heterocycles. The van der Waals surface area contributed by atoms with Gasteiger partial charge in [0, 0.05) is 5.56 Å². The summed E-state index contributed by atoms with van der Waals surface area (Å²) in [5, 5.41) is 9.17. The molecule has 0 aliphatic carbocycles. The smallest absolute Gasteiger partial charge is 0.311 e. The van der Waals surface area contributed by atoms with E-state index in [0.29, 0.717) is 30.1 Å². The predicted octanol–water partition coefficient (Wildman–Crippen LogP) is 2.67. The van der Waals surface area contributed by atoms with Gasteiger partial charge in [0.1, 0.15) is 0 Å². The van der Waals surface area contributed by atoms with E-state index in [9.17, 15) is 9.90 Å². The van der Waals surface area contributed by atoms with Crippen molar-refractivity contribution in [2.75, 3.05) is 13.7 Å². The van der Waals surface area contributed by atoms with Crippen molar-refractivity contribution >= 4 is 5.97 Å². The van der Waals surface area contributed by atoms with Crippen LogP contribution in [0, 0.1) is 0 Å². The van der Waals surface area contributed by atoms with E-state index in [1.807, 2.05) is 13.8 Å². The number of carbonyl (C=O) groups is 1. The molecule has 0 heterocycles. The Morgan fingerprint density at radius 1 is 1.41 bits per heavy atom. The number of rotatable bonds is 6. The summed E-state index contributed by atoms with van der Waals surface area (Å²) in [6.45, 7) is 4.23. The van der Waals surface area contributed by atoms with Gasteiger partial charge >= 0.3 is 5.97 Å². The zero-order chi connectivity index (χ0) is 12.8. The van der Waals surface area contributed by atoms with Crippen molar-refractivity contribution in [1.29, 1.82) is 0 Å². The van der Waals surface area contributed by atoms with Crippen LogP contribution in [0.15, 0.2) is 18.2 Å². The molecule has 4 nitrogen and oxygen atoms in total. The van der Waals surface area contributed by atoms with Crippen LogP contribution in [0.3, 0.4) is 0 Å². The summed E-state index contributed by atoms with van der Waals surface area (Å²) >= 11 is 0. The molecule has 94 valence electrons. The fourth-order valence-corrected chi connectivity index (χ4v) is 1.82. The van der Waals surface area contributed by atoms with Crippen LogP contribution >= 0.6 is 0 Å². The van der Waals surface area contributed by atoms with Gasteiger partial charge in [-0.2, -0.15) is 0 Å². The third-order valence-corrected chi connectivity index (χ3v) is 2.60. The van der Waals surface area contributed by atoms with Crippen LogP contribution in [0.4, 0.5) is 0 Å². The summed E-state index contributed by atoms with van der Waals surface area (Å²) < 4.78 is 10.7. The molecule has 0 aliphatic rings. The van der Waals surface area contributed by atoms with Crippen molar-refractivity contribution in [2.24, 2.45) is 0 Å². The number of hydrogen-bond acceptors (Lipinski definition) is 3. The molecule has 0 saturated carbocycles. The van der Waals surface area contributed by atoms with Gasteiger partial charge in [-0.25, -0.2) is 0 Å². The number of hydrogen-bond donors (Lipinski definition) is 1. The molecule has 1 rings (SSSR count). The van der Waals surface area contributed by atoms with E-state index in [0.717, 1.165) is 0 Å². The first kappa shape index (κ1) is 13.4. The minimum Gasteiger partial charge on any atom is -0.493 e. The number of methoxy groups -OCH3 is 1. The molecule has 1 aromatic carbocycles. The highest BCUT2D eigenvalue weighted by molar-refractivity contribution is 5.77. The number of aliphatic carboxylic acids is 1. The van der Waals surface area contributed by atoms with Gasteiger partial charge < -0.3 is 14.6 Å². The Bertz CT molecular complexity index is 387. The molecule has 0 fully saturated rings. The molecule has 4 heteroatoms. The number of benzene rings is 1. The maximum Gasteiger partial charge on any atom is 0.311 e. The fraction of sp³-hybridized carbons (Fsp3) is 0.462. The van der Waals surface area contributed by atoms with Crippen molar-refractivity contribution in [3.05, 3.63) is 23.8 Å². The normalized spacial score (nSPS) is 11.9. The molecule has 0 bridgehead atoms. The Morgan fingerprint density at radius 3 is 2.59 bits per heavy atom. The molecule has 0 spiro atoms. The average molecular weight is 238 g/mol. The monoisotopic (exact) mass is 238 g/mol. The maximum atomic E-state index is 11.2. The van der Waals surface area contributed by atoms with E-state index < -0.39 is 11.9 Å². The first-order chi connectivity index (χ1) is 8.15. The zero-order valence-electron chi connectivity index (χ0n) is 10.4. The second-order valence-corrected chi connectivity index (χ2v) is 3.61. The quantitative estimate of drug-likeness (QED) is 0.827.